The minimum atomic E-state index is -0.993. The van der Waals surface area contributed by atoms with Crippen molar-refractivity contribution < 1.29 is 19.2 Å². The van der Waals surface area contributed by atoms with Gasteiger partial charge in [0.15, 0.2) is 0 Å². The topological polar surface area (TPSA) is 92.5 Å². The molecule has 1 aromatic rings. The van der Waals surface area contributed by atoms with Crippen molar-refractivity contribution in [1.29, 1.82) is 0 Å². The van der Waals surface area contributed by atoms with Gasteiger partial charge in [-0.3, -0.25) is 14.9 Å². The van der Waals surface area contributed by atoms with Crippen LogP contribution in [-0.4, -0.2) is 22.5 Å². The molecule has 1 atom stereocenters. The van der Waals surface area contributed by atoms with Crippen LogP contribution in [-0.2, 0) is 4.79 Å². The number of hydrogen-bond acceptors (Lipinski definition) is 4. The fourth-order valence-corrected chi connectivity index (χ4v) is 2.07. The van der Waals surface area contributed by atoms with Crippen molar-refractivity contribution in [1.82, 2.24) is 0 Å². The smallest absolute Gasteiger partial charge is 0.308 e. The molecular formula is C13H16ClFN2O4. The van der Waals surface area contributed by atoms with Gasteiger partial charge in [-0.25, -0.2) is 4.39 Å². The van der Waals surface area contributed by atoms with Gasteiger partial charge in [-0.1, -0.05) is 25.4 Å². The van der Waals surface area contributed by atoms with Gasteiger partial charge in [0.05, 0.1) is 21.9 Å². The number of carboxylic acids is 1. The van der Waals surface area contributed by atoms with E-state index in [1.165, 1.54) is 0 Å². The number of nitrogens with one attached hydrogen (secondary N) is 1. The van der Waals surface area contributed by atoms with E-state index in [1.54, 1.807) is 0 Å². The second-order valence-corrected chi connectivity index (χ2v) is 5.49. The lowest BCUT2D eigenvalue weighted by Gasteiger charge is -2.16. The molecule has 0 aliphatic carbocycles. The fourth-order valence-electron chi connectivity index (χ4n) is 1.90. The van der Waals surface area contributed by atoms with E-state index in [0.717, 1.165) is 6.07 Å². The quantitative estimate of drug-likeness (QED) is 0.592. The maximum atomic E-state index is 13.3. The van der Waals surface area contributed by atoms with Gasteiger partial charge in [0.1, 0.15) is 11.5 Å². The Hall–Kier alpha value is -1.89. The van der Waals surface area contributed by atoms with Gasteiger partial charge < -0.3 is 10.4 Å². The Bertz CT molecular complexity index is 551. The van der Waals surface area contributed by atoms with Crippen LogP contribution in [0.2, 0.25) is 5.02 Å². The molecule has 6 nitrogen and oxygen atoms in total. The van der Waals surface area contributed by atoms with E-state index >= 15 is 0 Å². The van der Waals surface area contributed by atoms with Crippen molar-refractivity contribution in [3.05, 3.63) is 33.1 Å². The molecule has 0 saturated heterocycles. The second-order valence-electron chi connectivity index (χ2n) is 5.09. The Labute approximate surface area is 126 Å². The zero-order valence-corrected chi connectivity index (χ0v) is 12.4. The molecule has 21 heavy (non-hydrogen) atoms. The summed E-state index contributed by atoms with van der Waals surface area (Å²) in [7, 11) is 0. The number of hydrogen-bond donors (Lipinski definition) is 2. The van der Waals surface area contributed by atoms with Gasteiger partial charge >= 0.3 is 5.97 Å². The van der Waals surface area contributed by atoms with Gasteiger partial charge in [-0.2, -0.15) is 0 Å². The largest absolute Gasteiger partial charge is 0.481 e. The van der Waals surface area contributed by atoms with E-state index in [-0.39, 0.29) is 23.2 Å². The van der Waals surface area contributed by atoms with Crippen molar-refractivity contribution in [3.8, 4) is 0 Å². The normalized spacial score (nSPS) is 12.2. The molecule has 1 unspecified atom stereocenters. The first kappa shape index (κ1) is 17.2. The number of carboxylic acid groups (broad SMARTS) is 1. The number of rotatable bonds is 7. The highest BCUT2D eigenvalue weighted by molar-refractivity contribution is 6.31. The number of halogens is 2. The summed E-state index contributed by atoms with van der Waals surface area (Å²) >= 11 is 5.60. The predicted molar refractivity (Wildman–Crippen MR) is 77.1 cm³/mol. The van der Waals surface area contributed by atoms with E-state index in [2.05, 4.69) is 5.32 Å². The summed E-state index contributed by atoms with van der Waals surface area (Å²) in [6.45, 7) is 3.76. The number of carbonyl (C=O) groups is 1. The van der Waals surface area contributed by atoms with Gasteiger partial charge in [-0.15, -0.1) is 0 Å². The van der Waals surface area contributed by atoms with Crippen molar-refractivity contribution in [2.45, 2.75) is 20.3 Å². The first-order valence-electron chi connectivity index (χ1n) is 6.32. The third-order valence-corrected chi connectivity index (χ3v) is 3.17. The Morgan fingerprint density at radius 3 is 2.62 bits per heavy atom. The second kappa shape index (κ2) is 7.21. The van der Waals surface area contributed by atoms with Crippen LogP contribution in [0.5, 0.6) is 0 Å². The lowest BCUT2D eigenvalue weighted by atomic mass is 9.97. The molecule has 0 fully saturated rings. The van der Waals surface area contributed by atoms with Crippen LogP contribution < -0.4 is 5.32 Å². The Kier molecular flexibility index (Phi) is 5.90. The number of nitrogens with zero attached hydrogens (tertiary/aromatic N) is 1. The number of aliphatic carboxylic acids is 1. The Morgan fingerprint density at radius 1 is 1.52 bits per heavy atom. The molecule has 1 aromatic carbocycles. The lowest BCUT2D eigenvalue weighted by molar-refractivity contribution is -0.384. The van der Waals surface area contributed by atoms with Gasteiger partial charge in [-0.05, 0) is 18.4 Å². The lowest BCUT2D eigenvalue weighted by Crippen LogP contribution is -2.24. The molecule has 1 rings (SSSR count). The van der Waals surface area contributed by atoms with Crippen LogP contribution in [0.3, 0.4) is 0 Å². The molecular weight excluding hydrogens is 303 g/mol. The van der Waals surface area contributed by atoms with Crippen LogP contribution in [0, 0.1) is 27.8 Å². The van der Waals surface area contributed by atoms with Gasteiger partial charge in [0.2, 0.25) is 0 Å². The molecule has 0 aliphatic rings. The Balaban J connectivity index is 2.93. The Morgan fingerprint density at radius 2 is 2.14 bits per heavy atom. The van der Waals surface area contributed by atoms with Crippen molar-refractivity contribution in [2.75, 3.05) is 11.9 Å². The number of nitro benzene ring substituents is 1. The summed E-state index contributed by atoms with van der Waals surface area (Å²) in [5.41, 5.74) is -0.480. The van der Waals surface area contributed by atoms with Crippen LogP contribution >= 0.6 is 11.6 Å². The summed E-state index contributed by atoms with van der Waals surface area (Å²) in [4.78, 5) is 21.3. The van der Waals surface area contributed by atoms with Crippen LogP contribution in [0.25, 0.3) is 0 Å². The monoisotopic (exact) mass is 318 g/mol. The van der Waals surface area contributed by atoms with Crippen LogP contribution in [0.1, 0.15) is 20.3 Å². The maximum absolute atomic E-state index is 13.3. The zero-order chi connectivity index (χ0) is 16.2. The third kappa shape index (κ3) is 4.86. The molecule has 0 aromatic heterocycles. The zero-order valence-electron chi connectivity index (χ0n) is 11.6. The average molecular weight is 319 g/mol. The van der Waals surface area contributed by atoms with Gasteiger partial charge in [0.25, 0.3) is 5.69 Å². The first-order chi connectivity index (χ1) is 9.72. The van der Waals surface area contributed by atoms with E-state index in [0.29, 0.717) is 12.5 Å². The first-order valence-corrected chi connectivity index (χ1v) is 6.70. The van der Waals surface area contributed by atoms with Crippen LogP contribution in [0.15, 0.2) is 12.1 Å². The van der Waals surface area contributed by atoms with Gasteiger partial charge in [0, 0.05) is 6.54 Å². The van der Waals surface area contributed by atoms with E-state index in [1.807, 2.05) is 13.8 Å². The molecule has 0 radical (unpaired) electrons. The minimum Gasteiger partial charge on any atom is -0.481 e. The summed E-state index contributed by atoms with van der Waals surface area (Å²) in [5, 5.41) is 22.4. The SMILES string of the molecule is CC(C)CC(CNc1cc(Cl)c(F)cc1[N+](=O)[O-])C(=O)O. The molecule has 2 N–H and O–H groups in total. The molecule has 0 aliphatic heterocycles. The van der Waals surface area contributed by atoms with E-state index in [4.69, 9.17) is 16.7 Å². The molecule has 0 spiro atoms. The molecule has 8 heteroatoms. The average Bonchev–Trinajstić information content (AvgIpc) is 2.36. The number of benzene rings is 1. The standard InChI is InChI=1S/C13H16ClFN2O4/c1-7(2)3-8(13(18)19)6-16-11-4-9(14)10(15)5-12(11)17(20)21/h4-5,7-8,16H,3,6H2,1-2H3,(H,18,19). The van der Waals surface area contributed by atoms with Crippen molar-refractivity contribution in [2.24, 2.45) is 11.8 Å². The summed E-state index contributed by atoms with van der Waals surface area (Å²) in [6.07, 6.45) is 0.422. The number of nitro groups is 1. The van der Waals surface area contributed by atoms with E-state index in [9.17, 15) is 19.3 Å². The fraction of sp³-hybridized carbons (Fsp3) is 0.462. The molecule has 0 heterocycles. The van der Waals surface area contributed by atoms with Crippen molar-refractivity contribution >= 4 is 28.9 Å². The maximum Gasteiger partial charge on any atom is 0.308 e. The minimum absolute atomic E-state index is 0.00130. The highest BCUT2D eigenvalue weighted by atomic mass is 35.5. The number of anilines is 1. The highest BCUT2D eigenvalue weighted by Crippen LogP contribution is 2.30. The third-order valence-electron chi connectivity index (χ3n) is 2.88. The molecule has 0 amide bonds. The summed E-state index contributed by atoms with van der Waals surface area (Å²) < 4.78 is 13.3. The predicted octanol–water partition coefficient (Wildman–Crippen LogP) is 3.55. The molecule has 116 valence electrons. The molecule has 0 saturated carbocycles. The highest BCUT2D eigenvalue weighted by Gasteiger charge is 2.22. The summed E-state index contributed by atoms with van der Waals surface area (Å²) in [6, 6.07) is 1.80. The summed E-state index contributed by atoms with van der Waals surface area (Å²) in [5.74, 6) is -2.42. The molecule has 0 bridgehead atoms. The van der Waals surface area contributed by atoms with Crippen LogP contribution in [0.4, 0.5) is 15.8 Å². The van der Waals surface area contributed by atoms with Crippen molar-refractivity contribution in [3.63, 3.8) is 0 Å². The van der Waals surface area contributed by atoms with E-state index < -0.39 is 28.3 Å².